The molecule has 22 heavy (non-hydrogen) atoms. The summed E-state index contributed by atoms with van der Waals surface area (Å²) in [5, 5.41) is 11.3. The highest BCUT2D eigenvalue weighted by Gasteiger charge is 2.22. The Bertz CT molecular complexity index is 447. The van der Waals surface area contributed by atoms with Gasteiger partial charge in [-0.3, -0.25) is 0 Å². The monoisotopic (exact) mass is 313 g/mol. The molecule has 0 unspecified atom stereocenters. The zero-order valence-electron chi connectivity index (χ0n) is 13.3. The van der Waals surface area contributed by atoms with Crippen LogP contribution in [-0.2, 0) is 19.1 Å². The second kappa shape index (κ2) is 9.59. The van der Waals surface area contributed by atoms with Gasteiger partial charge in [-0.2, -0.15) is 0 Å². The van der Waals surface area contributed by atoms with Crippen molar-refractivity contribution in [2.24, 2.45) is 0 Å². The number of ether oxygens (including phenoxy) is 2. The molecule has 0 aliphatic rings. The lowest BCUT2D eigenvalue weighted by Gasteiger charge is -2.21. The molecule has 0 bridgehead atoms. The molecule has 7 heteroatoms. The van der Waals surface area contributed by atoms with Crippen LogP contribution in [0.4, 0.5) is 4.79 Å². The van der Waals surface area contributed by atoms with Gasteiger partial charge in [0.25, 0.3) is 0 Å². The molecular formula is C15H23NO6. The molecule has 0 spiro atoms. The van der Waals surface area contributed by atoms with E-state index in [1.807, 2.05) is 0 Å². The predicted molar refractivity (Wildman–Crippen MR) is 80.3 cm³/mol. The minimum absolute atomic E-state index is 0.0573. The van der Waals surface area contributed by atoms with Gasteiger partial charge in [-0.05, 0) is 34.1 Å². The Balaban J connectivity index is 4.40. The summed E-state index contributed by atoms with van der Waals surface area (Å²) >= 11 is 0. The van der Waals surface area contributed by atoms with Crippen molar-refractivity contribution in [2.45, 2.75) is 45.8 Å². The molecule has 0 aromatic carbocycles. The molecule has 1 amide bonds. The molecule has 0 saturated heterocycles. The number of carbonyl (C=O) groups excluding carboxylic acids is 2. The highest BCUT2D eigenvalue weighted by atomic mass is 16.6. The van der Waals surface area contributed by atoms with Gasteiger partial charge in [0.15, 0.2) is 0 Å². The van der Waals surface area contributed by atoms with E-state index in [1.165, 1.54) is 24.3 Å². The summed E-state index contributed by atoms with van der Waals surface area (Å²) in [6.07, 6.45) is 4.94. The first-order valence-electron chi connectivity index (χ1n) is 6.88. The molecule has 0 aliphatic heterocycles. The van der Waals surface area contributed by atoms with Crippen LogP contribution >= 0.6 is 0 Å². The third kappa shape index (κ3) is 10.5. The molecule has 0 aromatic rings. The van der Waals surface area contributed by atoms with Crippen LogP contribution < -0.4 is 5.32 Å². The van der Waals surface area contributed by atoms with Crippen molar-refractivity contribution in [2.75, 3.05) is 6.61 Å². The van der Waals surface area contributed by atoms with Crippen LogP contribution in [0.5, 0.6) is 0 Å². The number of allylic oxidation sites excluding steroid dienone is 2. The Labute approximate surface area is 130 Å². The zero-order chi connectivity index (χ0) is 17.2. The zero-order valence-corrected chi connectivity index (χ0v) is 13.3. The fraction of sp³-hybridized carbons (Fsp3) is 0.533. The van der Waals surface area contributed by atoms with Gasteiger partial charge in [0.2, 0.25) is 0 Å². The largest absolute Gasteiger partial charge is 0.480 e. The van der Waals surface area contributed by atoms with Crippen molar-refractivity contribution < 1.29 is 29.0 Å². The topological polar surface area (TPSA) is 102 Å². The lowest BCUT2D eigenvalue weighted by molar-refractivity contribution is -0.139. The highest BCUT2D eigenvalue weighted by Crippen LogP contribution is 2.07. The van der Waals surface area contributed by atoms with E-state index in [-0.39, 0.29) is 13.0 Å². The summed E-state index contributed by atoms with van der Waals surface area (Å²) in [7, 11) is 0. The molecule has 0 aromatic heterocycles. The number of carbonyl (C=O) groups is 3. The van der Waals surface area contributed by atoms with Crippen molar-refractivity contribution in [3.8, 4) is 0 Å². The Morgan fingerprint density at radius 2 is 1.86 bits per heavy atom. The van der Waals surface area contributed by atoms with Gasteiger partial charge in [-0.15, -0.1) is 0 Å². The third-order valence-corrected chi connectivity index (χ3v) is 2.13. The Kier molecular flexibility index (Phi) is 8.59. The molecule has 0 heterocycles. The van der Waals surface area contributed by atoms with Gasteiger partial charge in [0, 0.05) is 6.08 Å². The fourth-order valence-corrected chi connectivity index (χ4v) is 1.29. The van der Waals surface area contributed by atoms with Gasteiger partial charge in [0.05, 0.1) is 6.61 Å². The number of carboxylic acids is 1. The molecular weight excluding hydrogens is 290 g/mol. The summed E-state index contributed by atoms with van der Waals surface area (Å²) < 4.78 is 9.67. The summed E-state index contributed by atoms with van der Waals surface area (Å²) in [4.78, 5) is 33.6. The maximum Gasteiger partial charge on any atom is 0.408 e. The summed E-state index contributed by atoms with van der Waals surface area (Å²) in [6, 6.07) is -1.11. The SMILES string of the molecule is CCOC(=O)/C=C/C=C/C[C@H](NC(=O)OC(C)(C)C)C(=O)O. The van der Waals surface area contributed by atoms with Crippen molar-refractivity contribution >= 4 is 18.0 Å². The summed E-state index contributed by atoms with van der Waals surface area (Å²) in [6.45, 7) is 7.03. The van der Waals surface area contributed by atoms with Gasteiger partial charge < -0.3 is 19.9 Å². The third-order valence-electron chi connectivity index (χ3n) is 2.13. The van der Waals surface area contributed by atoms with Crippen molar-refractivity contribution in [1.29, 1.82) is 0 Å². The number of rotatable bonds is 7. The average Bonchev–Trinajstić information content (AvgIpc) is 2.34. The Morgan fingerprint density at radius 1 is 1.23 bits per heavy atom. The number of alkyl carbamates (subject to hydrolysis) is 1. The normalized spacial score (nSPS) is 13.1. The second-order valence-corrected chi connectivity index (χ2v) is 5.31. The average molecular weight is 313 g/mol. The van der Waals surface area contributed by atoms with Crippen LogP contribution in [0.3, 0.4) is 0 Å². The maximum atomic E-state index is 11.5. The van der Waals surface area contributed by atoms with E-state index >= 15 is 0 Å². The Morgan fingerprint density at radius 3 is 2.36 bits per heavy atom. The lowest BCUT2D eigenvalue weighted by atomic mass is 10.2. The van der Waals surface area contributed by atoms with E-state index in [9.17, 15) is 14.4 Å². The number of hydrogen-bond donors (Lipinski definition) is 2. The van der Waals surface area contributed by atoms with Crippen LogP contribution in [0.1, 0.15) is 34.1 Å². The van der Waals surface area contributed by atoms with Crippen LogP contribution in [0.15, 0.2) is 24.3 Å². The molecule has 0 aliphatic carbocycles. The number of aliphatic carboxylic acids is 1. The Hall–Kier alpha value is -2.31. The van der Waals surface area contributed by atoms with Crippen LogP contribution in [0.2, 0.25) is 0 Å². The highest BCUT2D eigenvalue weighted by molar-refractivity contribution is 5.82. The predicted octanol–water partition coefficient (Wildman–Crippen LogP) is 2.03. The minimum Gasteiger partial charge on any atom is -0.480 e. The first kappa shape index (κ1) is 19.7. The first-order chi connectivity index (χ1) is 10.2. The fourth-order valence-electron chi connectivity index (χ4n) is 1.29. The molecule has 0 rings (SSSR count). The van der Waals surface area contributed by atoms with E-state index in [1.54, 1.807) is 27.7 Å². The minimum atomic E-state index is -1.18. The van der Waals surface area contributed by atoms with Crippen molar-refractivity contribution in [3.63, 3.8) is 0 Å². The first-order valence-corrected chi connectivity index (χ1v) is 6.88. The molecule has 2 N–H and O–H groups in total. The van der Waals surface area contributed by atoms with E-state index in [0.717, 1.165) is 0 Å². The quantitative estimate of drug-likeness (QED) is 0.423. The molecule has 0 saturated carbocycles. The number of carboxylic acid groups (broad SMARTS) is 1. The second-order valence-electron chi connectivity index (χ2n) is 5.31. The summed E-state index contributed by atoms with van der Waals surface area (Å²) in [5.41, 5.74) is -0.703. The number of esters is 1. The molecule has 1 atom stereocenters. The van der Waals surface area contributed by atoms with Gasteiger partial charge in [-0.25, -0.2) is 14.4 Å². The molecule has 7 nitrogen and oxygen atoms in total. The molecule has 124 valence electrons. The van der Waals surface area contributed by atoms with Crippen LogP contribution in [0.25, 0.3) is 0 Å². The summed E-state index contributed by atoms with van der Waals surface area (Å²) in [5.74, 6) is -1.65. The molecule has 0 radical (unpaired) electrons. The molecule has 0 fully saturated rings. The van der Waals surface area contributed by atoms with E-state index in [2.05, 4.69) is 10.1 Å². The number of nitrogens with one attached hydrogen (secondary N) is 1. The van der Waals surface area contributed by atoms with Crippen LogP contribution in [0, 0.1) is 0 Å². The van der Waals surface area contributed by atoms with Crippen molar-refractivity contribution in [1.82, 2.24) is 5.32 Å². The van der Waals surface area contributed by atoms with Gasteiger partial charge in [-0.1, -0.05) is 18.2 Å². The van der Waals surface area contributed by atoms with Crippen molar-refractivity contribution in [3.05, 3.63) is 24.3 Å². The lowest BCUT2D eigenvalue weighted by Crippen LogP contribution is -2.43. The van der Waals surface area contributed by atoms with Gasteiger partial charge in [0.1, 0.15) is 11.6 Å². The maximum absolute atomic E-state index is 11.5. The van der Waals surface area contributed by atoms with E-state index in [4.69, 9.17) is 9.84 Å². The smallest absolute Gasteiger partial charge is 0.408 e. The van der Waals surface area contributed by atoms with E-state index < -0.39 is 29.7 Å². The number of hydrogen-bond acceptors (Lipinski definition) is 5. The standard InChI is InChI=1S/C15H23NO6/c1-5-21-12(17)10-8-6-7-9-11(13(18)19)16-14(20)22-15(2,3)4/h6-8,10-11H,5,9H2,1-4H3,(H,16,20)(H,18,19)/b7-6+,10-8+/t11-/m0/s1. The van der Waals surface area contributed by atoms with Crippen LogP contribution in [-0.4, -0.2) is 41.4 Å². The number of amides is 1. The van der Waals surface area contributed by atoms with E-state index in [0.29, 0.717) is 0 Å². The van der Waals surface area contributed by atoms with Gasteiger partial charge >= 0.3 is 18.0 Å².